The van der Waals surface area contributed by atoms with Crippen molar-refractivity contribution in [2.45, 2.75) is 6.92 Å². The summed E-state index contributed by atoms with van der Waals surface area (Å²) in [7, 11) is 1.31. The summed E-state index contributed by atoms with van der Waals surface area (Å²) in [5.74, 6) is 0.0747. The Morgan fingerprint density at radius 2 is 1.75 bits per heavy atom. The van der Waals surface area contributed by atoms with E-state index in [1.54, 1.807) is 49.4 Å². The Morgan fingerprint density at radius 1 is 1.00 bits per heavy atom. The fourth-order valence-electron chi connectivity index (χ4n) is 2.46. The molecule has 7 nitrogen and oxygen atoms in total. The molecule has 0 aliphatic rings. The van der Waals surface area contributed by atoms with E-state index in [4.69, 9.17) is 11.6 Å². The van der Waals surface area contributed by atoms with Crippen LogP contribution in [0.3, 0.4) is 0 Å². The zero-order valence-electron chi connectivity index (χ0n) is 15.2. The van der Waals surface area contributed by atoms with E-state index < -0.39 is 11.9 Å². The molecule has 0 bridgehead atoms. The van der Waals surface area contributed by atoms with Crippen LogP contribution in [0, 0.1) is 6.92 Å². The monoisotopic (exact) mass is 396 g/mol. The van der Waals surface area contributed by atoms with Crippen molar-refractivity contribution >= 4 is 40.7 Å². The third-order valence-corrected chi connectivity index (χ3v) is 3.97. The van der Waals surface area contributed by atoms with Gasteiger partial charge in [-0.15, -0.1) is 0 Å². The van der Waals surface area contributed by atoms with E-state index in [9.17, 15) is 9.59 Å². The number of aromatic nitrogens is 2. The highest BCUT2D eigenvalue weighted by atomic mass is 35.5. The number of anilines is 3. The first kappa shape index (κ1) is 19.3. The number of methoxy groups -OCH3 is 1. The van der Waals surface area contributed by atoms with Gasteiger partial charge in [0, 0.05) is 22.5 Å². The molecule has 0 radical (unpaired) electrons. The second-order valence-corrected chi connectivity index (χ2v) is 6.28. The predicted molar refractivity (Wildman–Crippen MR) is 107 cm³/mol. The number of ether oxygens (including phenoxy) is 1. The number of nitrogens with zero attached hydrogens (tertiary/aromatic N) is 2. The lowest BCUT2D eigenvalue weighted by atomic mass is 10.2. The summed E-state index contributed by atoms with van der Waals surface area (Å²) in [5, 5.41) is 6.43. The van der Waals surface area contributed by atoms with Gasteiger partial charge in [-0.1, -0.05) is 17.7 Å². The molecular formula is C20H17ClN4O3. The van der Waals surface area contributed by atoms with Crippen molar-refractivity contribution < 1.29 is 14.3 Å². The smallest absolute Gasteiger partial charge is 0.337 e. The summed E-state index contributed by atoms with van der Waals surface area (Å²) in [6, 6.07) is 15.1. The molecule has 0 aliphatic heterocycles. The average molecular weight is 397 g/mol. The topological polar surface area (TPSA) is 93.2 Å². The first-order valence-electron chi connectivity index (χ1n) is 8.32. The van der Waals surface area contributed by atoms with Gasteiger partial charge in [-0.2, -0.15) is 0 Å². The number of halogens is 1. The number of rotatable bonds is 5. The Bertz CT molecular complexity index is 1020. The molecule has 0 spiro atoms. The maximum Gasteiger partial charge on any atom is 0.337 e. The molecule has 3 aromatic rings. The van der Waals surface area contributed by atoms with Gasteiger partial charge in [0.05, 0.1) is 12.7 Å². The van der Waals surface area contributed by atoms with E-state index in [0.29, 0.717) is 27.9 Å². The van der Waals surface area contributed by atoms with Gasteiger partial charge in [0.15, 0.2) is 0 Å². The molecule has 142 valence electrons. The number of aryl methyl sites for hydroxylation is 1. The van der Waals surface area contributed by atoms with Gasteiger partial charge in [0.25, 0.3) is 5.91 Å². The van der Waals surface area contributed by atoms with Crippen molar-refractivity contribution in [1.29, 1.82) is 0 Å². The Morgan fingerprint density at radius 3 is 2.43 bits per heavy atom. The number of esters is 1. The van der Waals surface area contributed by atoms with E-state index in [1.807, 2.05) is 12.1 Å². The quantitative estimate of drug-likeness (QED) is 0.627. The third kappa shape index (κ3) is 4.83. The summed E-state index contributed by atoms with van der Waals surface area (Å²) in [6.07, 6.45) is 0. The number of carbonyl (C=O) groups excluding carboxylic acids is 2. The number of hydrogen-bond donors (Lipinski definition) is 2. The van der Waals surface area contributed by atoms with Crippen molar-refractivity contribution in [3.05, 3.63) is 76.7 Å². The molecule has 2 aromatic carbocycles. The lowest BCUT2D eigenvalue weighted by Gasteiger charge is -2.10. The lowest BCUT2D eigenvalue weighted by Crippen LogP contribution is -2.15. The van der Waals surface area contributed by atoms with E-state index >= 15 is 0 Å². The van der Waals surface area contributed by atoms with Crippen LogP contribution < -0.4 is 10.6 Å². The van der Waals surface area contributed by atoms with Crippen molar-refractivity contribution in [2.24, 2.45) is 0 Å². The zero-order valence-corrected chi connectivity index (χ0v) is 15.9. The Hall–Kier alpha value is -3.45. The molecular weight excluding hydrogens is 380 g/mol. The first-order chi connectivity index (χ1) is 13.4. The number of carbonyl (C=O) groups is 2. The van der Waals surface area contributed by atoms with Crippen molar-refractivity contribution in [3.8, 4) is 0 Å². The Kier molecular flexibility index (Phi) is 5.86. The molecule has 0 atom stereocenters. The fraction of sp³-hybridized carbons (Fsp3) is 0.100. The van der Waals surface area contributed by atoms with Crippen LogP contribution in [-0.4, -0.2) is 29.0 Å². The maximum absolute atomic E-state index is 12.6. The van der Waals surface area contributed by atoms with Crippen LogP contribution in [0.1, 0.15) is 26.7 Å². The molecule has 8 heteroatoms. The van der Waals surface area contributed by atoms with Crippen LogP contribution in [0.5, 0.6) is 0 Å². The SMILES string of the molecule is COC(=O)c1ccc(NC(=O)c2cc(Nc3cccc(Cl)c3)nc(C)n2)cc1. The van der Waals surface area contributed by atoms with Crippen LogP contribution in [0.4, 0.5) is 17.2 Å². The van der Waals surface area contributed by atoms with Gasteiger partial charge in [-0.3, -0.25) is 4.79 Å². The van der Waals surface area contributed by atoms with Crippen LogP contribution >= 0.6 is 11.6 Å². The van der Waals surface area contributed by atoms with Gasteiger partial charge in [0.2, 0.25) is 0 Å². The van der Waals surface area contributed by atoms with Gasteiger partial charge in [0.1, 0.15) is 17.3 Å². The zero-order chi connectivity index (χ0) is 20.1. The molecule has 1 aromatic heterocycles. The average Bonchev–Trinajstić information content (AvgIpc) is 2.67. The molecule has 0 saturated carbocycles. The van der Waals surface area contributed by atoms with E-state index in [2.05, 4.69) is 25.3 Å². The van der Waals surface area contributed by atoms with Crippen molar-refractivity contribution in [3.63, 3.8) is 0 Å². The molecule has 0 unspecified atom stereocenters. The van der Waals surface area contributed by atoms with Crippen LogP contribution in [0.25, 0.3) is 0 Å². The Balaban J connectivity index is 1.76. The molecule has 0 aliphatic carbocycles. The minimum atomic E-state index is -0.443. The second kappa shape index (κ2) is 8.49. The minimum Gasteiger partial charge on any atom is -0.465 e. The van der Waals surface area contributed by atoms with Crippen molar-refractivity contribution in [2.75, 3.05) is 17.7 Å². The van der Waals surface area contributed by atoms with Gasteiger partial charge >= 0.3 is 5.97 Å². The number of nitrogens with one attached hydrogen (secondary N) is 2. The van der Waals surface area contributed by atoms with Crippen LogP contribution in [0.15, 0.2) is 54.6 Å². The van der Waals surface area contributed by atoms with E-state index in [-0.39, 0.29) is 5.69 Å². The standard InChI is InChI=1S/C20H17ClN4O3/c1-12-22-17(11-18(23-12)24-16-5-3-4-14(21)10-16)19(26)25-15-8-6-13(7-9-15)20(27)28-2/h3-11H,1-2H3,(H,25,26)(H,22,23,24). The highest BCUT2D eigenvalue weighted by Gasteiger charge is 2.12. The highest BCUT2D eigenvalue weighted by molar-refractivity contribution is 6.30. The predicted octanol–water partition coefficient (Wildman–Crippen LogP) is 4.22. The molecule has 1 amide bonds. The molecule has 28 heavy (non-hydrogen) atoms. The Labute approximate surface area is 166 Å². The number of benzene rings is 2. The molecule has 3 rings (SSSR count). The normalized spacial score (nSPS) is 10.2. The van der Waals surface area contributed by atoms with Gasteiger partial charge in [-0.05, 0) is 49.4 Å². The minimum absolute atomic E-state index is 0.203. The largest absolute Gasteiger partial charge is 0.465 e. The number of hydrogen-bond acceptors (Lipinski definition) is 6. The summed E-state index contributed by atoms with van der Waals surface area (Å²) in [5.41, 5.74) is 1.87. The van der Waals surface area contributed by atoms with Gasteiger partial charge < -0.3 is 15.4 Å². The summed E-state index contributed by atoms with van der Waals surface area (Å²) in [4.78, 5) is 32.5. The van der Waals surface area contributed by atoms with Crippen molar-refractivity contribution in [1.82, 2.24) is 9.97 Å². The van der Waals surface area contributed by atoms with Crippen LogP contribution in [-0.2, 0) is 4.74 Å². The first-order valence-corrected chi connectivity index (χ1v) is 8.70. The molecule has 0 fully saturated rings. The molecule has 2 N–H and O–H groups in total. The molecule has 0 saturated heterocycles. The third-order valence-electron chi connectivity index (χ3n) is 3.73. The highest BCUT2D eigenvalue weighted by Crippen LogP contribution is 2.20. The molecule has 1 heterocycles. The number of amides is 1. The lowest BCUT2D eigenvalue weighted by molar-refractivity contribution is 0.0600. The summed E-state index contributed by atoms with van der Waals surface area (Å²) >= 11 is 5.99. The fourth-order valence-corrected chi connectivity index (χ4v) is 2.66. The summed E-state index contributed by atoms with van der Waals surface area (Å²) in [6.45, 7) is 1.70. The maximum atomic E-state index is 12.6. The summed E-state index contributed by atoms with van der Waals surface area (Å²) < 4.78 is 4.65. The second-order valence-electron chi connectivity index (χ2n) is 5.84. The van der Waals surface area contributed by atoms with Gasteiger partial charge in [-0.25, -0.2) is 14.8 Å². The van der Waals surface area contributed by atoms with E-state index in [0.717, 1.165) is 5.69 Å². The van der Waals surface area contributed by atoms with E-state index in [1.165, 1.54) is 7.11 Å². The van der Waals surface area contributed by atoms with Crippen LogP contribution in [0.2, 0.25) is 5.02 Å².